The summed E-state index contributed by atoms with van der Waals surface area (Å²) in [7, 11) is 0. The van der Waals surface area contributed by atoms with Crippen LogP contribution >= 0.6 is 0 Å². The lowest BCUT2D eigenvalue weighted by Crippen LogP contribution is -2.29. The minimum atomic E-state index is -0.667. The molecule has 0 spiro atoms. The molecule has 0 aromatic rings. The molecule has 1 rings (SSSR count). The molecule has 0 saturated carbocycles. The number of nitrogens with zero attached hydrogens (tertiary/aromatic N) is 1. The maximum atomic E-state index is 11.4. The van der Waals surface area contributed by atoms with Crippen molar-refractivity contribution in [3.63, 3.8) is 0 Å². The van der Waals surface area contributed by atoms with Crippen LogP contribution in [0, 0.1) is 11.3 Å². The number of aliphatic hydroxyl groups excluding tert-OH is 1. The average molecular weight is 190 g/mol. The molecule has 0 bridgehead atoms. The monoisotopic (exact) mass is 190 g/mol. The lowest BCUT2D eigenvalue weighted by atomic mass is 9.93. The highest BCUT2D eigenvalue weighted by Gasteiger charge is 2.23. The van der Waals surface area contributed by atoms with Crippen LogP contribution in [0.4, 0.5) is 0 Å². The van der Waals surface area contributed by atoms with E-state index in [2.05, 4.69) is 6.58 Å². The predicted molar refractivity (Wildman–Crippen MR) is 51.1 cm³/mol. The number of aliphatic hydroxyl groups is 1. The van der Waals surface area contributed by atoms with E-state index in [0.29, 0.717) is 5.57 Å². The number of nitrogens with two attached hydrogens (primary N) is 1. The Morgan fingerprint density at radius 1 is 1.64 bits per heavy atom. The second-order valence-corrected chi connectivity index (χ2v) is 3.00. The molecule has 4 heteroatoms. The fourth-order valence-corrected chi connectivity index (χ4v) is 1.18. The molecule has 0 aromatic heterocycles. The Balaban J connectivity index is 2.95. The Morgan fingerprint density at radius 3 is 2.86 bits per heavy atom. The van der Waals surface area contributed by atoms with E-state index in [1.54, 1.807) is 0 Å². The molecule has 1 unspecified atom stereocenters. The van der Waals surface area contributed by atoms with Crippen molar-refractivity contribution in [1.82, 2.24) is 0 Å². The molecular formula is C10H10N2O2. The van der Waals surface area contributed by atoms with Gasteiger partial charge in [-0.05, 0) is 17.7 Å². The van der Waals surface area contributed by atoms with E-state index < -0.39 is 11.8 Å². The van der Waals surface area contributed by atoms with Crippen LogP contribution in [0.5, 0.6) is 0 Å². The van der Waals surface area contributed by atoms with E-state index in [1.165, 1.54) is 12.2 Å². The number of carbonyl (C=O) groups is 1. The third-order valence-electron chi connectivity index (χ3n) is 1.87. The second-order valence-electron chi connectivity index (χ2n) is 3.00. The molecule has 4 nitrogen and oxygen atoms in total. The number of rotatable bonds is 2. The van der Waals surface area contributed by atoms with Crippen molar-refractivity contribution in [3.05, 3.63) is 35.6 Å². The number of hydrogen-bond donors (Lipinski definition) is 2. The first-order valence-electron chi connectivity index (χ1n) is 4.04. The SMILES string of the molecule is C=C1C=C(O)C(=O)C(C(N)CC#N)=C1. The molecule has 0 aliphatic heterocycles. The highest BCUT2D eigenvalue weighted by atomic mass is 16.3. The average Bonchev–Trinajstić information content (AvgIpc) is 2.11. The highest BCUT2D eigenvalue weighted by molar-refractivity contribution is 6.09. The zero-order chi connectivity index (χ0) is 10.7. The van der Waals surface area contributed by atoms with Gasteiger partial charge in [-0.15, -0.1) is 0 Å². The van der Waals surface area contributed by atoms with E-state index >= 15 is 0 Å². The predicted octanol–water partition coefficient (Wildman–Crippen LogP) is 0.735. The number of allylic oxidation sites excluding steroid dienone is 4. The maximum absolute atomic E-state index is 11.4. The lowest BCUT2D eigenvalue weighted by Gasteiger charge is -2.15. The molecule has 0 radical (unpaired) electrons. The summed E-state index contributed by atoms with van der Waals surface area (Å²) in [6.45, 7) is 3.59. The van der Waals surface area contributed by atoms with Gasteiger partial charge in [-0.3, -0.25) is 4.79 Å². The van der Waals surface area contributed by atoms with Crippen LogP contribution in [0.2, 0.25) is 0 Å². The van der Waals surface area contributed by atoms with Gasteiger partial charge in [0.1, 0.15) is 0 Å². The van der Waals surface area contributed by atoms with Gasteiger partial charge in [0.25, 0.3) is 0 Å². The molecule has 3 N–H and O–H groups in total. The van der Waals surface area contributed by atoms with Gasteiger partial charge in [0.15, 0.2) is 5.76 Å². The molecule has 1 aliphatic rings. The molecule has 0 amide bonds. The highest BCUT2D eigenvalue weighted by Crippen LogP contribution is 2.19. The van der Waals surface area contributed by atoms with Crippen LogP contribution in [0.15, 0.2) is 35.6 Å². The molecule has 72 valence electrons. The second kappa shape index (κ2) is 3.90. The van der Waals surface area contributed by atoms with Crippen molar-refractivity contribution in [2.24, 2.45) is 5.73 Å². The molecule has 1 aliphatic carbocycles. The standard InChI is InChI=1S/C10H10N2O2/c1-6-4-7(8(12)2-3-11)10(14)9(13)5-6/h4-5,8,13H,1-2,12H2. The van der Waals surface area contributed by atoms with Crippen molar-refractivity contribution >= 4 is 5.78 Å². The van der Waals surface area contributed by atoms with Crippen molar-refractivity contribution in [2.45, 2.75) is 12.5 Å². The minimum Gasteiger partial charge on any atom is -0.504 e. The van der Waals surface area contributed by atoms with Crippen LogP contribution in [0.1, 0.15) is 6.42 Å². The maximum Gasteiger partial charge on any atom is 0.224 e. The number of ketones is 1. The number of Topliss-reactive ketones (excluding diaryl/α,β-unsaturated/α-hetero) is 1. The summed E-state index contributed by atoms with van der Waals surface area (Å²) in [5.41, 5.74) is 6.32. The summed E-state index contributed by atoms with van der Waals surface area (Å²) >= 11 is 0. The largest absolute Gasteiger partial charge is 0.504 e. The molecular weight excluding hydrogens is 180 g/mol. The number of carbonyl (C=O) groups excluding carboxylic acids is 1. The van der Waals surface area contributed by atoms with Gasteiger partial charge in [0.05, 0.1) is 12.5 Å². The van der Waals surface area contributed by atoms with Gasteiger partial charge >= 0.3 is 0 Å². The number of hydrogen-bond acceptors (Lipinski definition) is 4. The first kappa shape index (κ1) is 10.2. The summed E-state index contributed by atoms with van der Waals surface area (Å²) in [5.74, 6) is -0.902. The third-order valence-corrected chi connectivity index (χ3v) is 1.87. The Kier molecular flexibility index (Phi) is 2.85. The van der Waals surface area contributed by atoms with E-state index in [-0.39, 0.29) is 17.8 Å². The Morgan fingerprint density at radius 2 is 2.29 bits per heavy atom. The smallest absolute Gasteiger partial charge is 0.224 e. The lowest BCUT2D eigenvalue weighted by molar-refractivity contribution is -0.114. The van der Waals surface area contributed by atoms with E-state index in [9.17, 15) is 9.90 Å². The Labute approximate surface area is 81.6 Å². The minimum absolute atomic E-state index is 0.0398. The van der Waals surface area contributed by atoms with Crippen molar-refractivity contribution < 1.29 is 9.90 Å². The number of nitriles is 1. The molecule has 0 heterocycles. The van der Waals surface area contributed by atoms with Gasteiger partial charge in [0.2, 0.25) is 5.78 Å². The fraction of sp³-hybridized carbons (Fsp3) is 0.200. The van der Waals surface area contributed by atoms with Crippen molar-refractivity contribution in [1.29, 1.82) is 5.26 Å². The van der Waals surface area contributed by atoms with Crippen LogP contribution < -0.4 is 5.73 Å². The van der Waals surface area contributed by atoms with Gasteiger partial charge in [-0.2, -0.15) is 5.26 Å². The van der Waals surface area contributed by atoms with Gasteiger partial charge < -0.3 is 10.8 Å². The molecule has 0 saturated heterocycles. The normalized spacial score (nSPS) is 18.3. The molecule has 0 aromatic carbocycles. The quantitative estimate of drug-likeness (QED) is 0.672. The summed E-state index contributed by atoms with van der Waals surface area (Å²) in [5, 5.41) is 17.6. The van der Waals surface area contributed by atoms with Crippen LogP contribution in [0.3, 0.4) is 0 Å². The summed E-state index contributed by atoms with van der Waals surface area (Å²) in [6, 6.07) is 1.20. The van der Waals surface area contributed by atoms with Crippen LogP contribution in [0.25, 0.3) is 0 Å². The Bertz CT molecular complexity index is 385. The summed E-state index contributed by atoms with van der Waals surface area (Å²) in [6.07, 6.45) is 2.80. The zero-order valence-electron chi connectivity index (χ0n) is 7.53. The van der Waals surface area contributed by atoms with Gasteiger partial charge in [0, 0.05) is 11.6 Å². The van der Waals surface area contributed by atoms with Gasteiger partial charge in [-0.25, -0.2) is 0 Å². The van der Waals surface area contributed by atoms with Gasteiger partial charge in [-0.1, -0.05) is 6.58 Å². The summed E-state index contributed by atoms with van der Waals surface area (Å²) in [4.78, 5) is 11.4. The topological polar surface area (TPSA) is 87.1 Å². The molecule has 14 heavy (non-hydrogen) atoms. The van der Waals surface area contributed by atoms with E-state index in [0.717, 1.165) is 0 Å². The molecule has 0 fully saturated rings. The van der Waals surface area contributed by atoms with Crippen molar-refractivity contribution in [2.75, 3.05) is 0 Å². The fourth-order valence-electron chi connectivity index (χ4n) is 1.18. The summed E-state index contributed by atoms with van der Waals surface area (Å²) < 4.78 is 0. The first-order chi connectivity index (χ1) is 6.56. The van der Waals surface area contributed by atoms with Crippen molar-refractivity contribution in [3.8, 4) is 6.07 Å². The third kappa shape index (κ3) is 1.90. The molecule has 1 atom stereocenters. The zero-order valence-corrected chi connectivity index (χ0v) is 7.53. The van der Waals surface area contributed by atoms with E-state index in [1.807, 2.05) is 6.07 Å². The van der Waals surface area contributed by atoms with Crippen LogP contribution in [-0.2, 0) is 4.79 Å². The first-order valence-corrected chi connectivity index (χ1v) is 4.04. The van der Waals surface area contributed by atoms with Crippen LogP contribution in [-0.4, -0.2) is 16.9 Å². The Hall–Kier alpha value is -1.86. The van der Waals surface area contributed by atoms with E-state index in [4.69, 9.17) is 11.0 Å².